The molecule has 0 aliphatic carbocycles. The van der Waals surface area contributed by atoms with Crippen molar-refractivity contribution in [3.63, 3.8) is 0 Å². The average molecular weight is 318 g/mol. The molecule has 1 aromatic rings. The second kappa shape index (κ2) is 8.11. The second-order valence-electron chi connectivity index (χ2n) is 6.31. The molecule has 0 saturated carbocycles. The molecule has 5 nitrogen and oxygen atoms in total. The topological polar surface area (TPSA) is 72.6 Å². The molecule has 5 heteroatoms. The minimum atomic E-state index is -0.0172. The molecule has 0 radical (unpaired) electrons. The van der Waals surface area contributed by atoms with Crippen molar-refractivity contribution in [2.45, 2.75) is 51.7 Å². The zero-order valence-corrected chi connectivity index (χ0v) is 14.0. The van der Waals surface area contributed by atoms with Crippen molar-refractivity contribution in [3.8, 4) is 0 Å². The van der Waals surface area contributed by atoms with Crippen molar-refractivity contribution in [1.29, 1.82) is 0 Å². The fourth-order valence-corrected chi connectivity index (χ4v) is 2.82. The van der Waals surface area contributed by atoms with Gasteiger partial charge < -0.3 is 15.4 Å². The van der Waals surface area contributed by atoms with E-state index in [0.29, 0.717) is 24.3 Å². The number of piperidine rings is 1. The Bertz CT molecular complexity index is 532. The Balaban J connectivity index is 1.75. The van der Waals surface area contributed by atoms with Crippen LogP contribution in [0.15, 0.2) is 24.3 Å². The molecular weight excluding hydrogens is 292 g/mol. The number of carbonyl (C=O) groups excluding carboxylic acids is 2. The molecule has 0 atom stereocenters. The van der Waals surface area contributed by atoms with Crippen molar-refractivity contribution in [2.24, 2.45) is 0 Å². The van der Waals surface area contributed by atoms with Gasteiger partial charge in [0.1, 0.15) is 0 Å². The number of anilines is 1. The fourth-order valence-electron chi connectivity index (χ4n) is 2.82. The molecule has 0 spiro atoms. The summed E-state index contributed by atoms with van der Waals surface area (Å²) in [5, 5.41) is 0. The van der Waals surface area contributed by atoms with Gasteiger partial charge in [-0.2, -0.15) is 0 Å². The number of nitrogens with zero attached hydrogens (tertiary/aromatic N) is 1. The van der Waals surface area contributed by atoms with E-state index in [0.717, 1.165) is 12.8 Å². The molecular formula is C18H26N2O3. The Labute approximate surface area is 137 Å². The quantitative estimate of drug-likeness (QED) is 0.646. The van der Waals surface area contributed by atoms with Crippen LogP contribution in [0.4, 0.5) is 5.69 Å². The molecule has 0 bridgehead atoms. The molecule has 0 unspecified atom stereocenters. The number of likely N-dealkylation sites (tertiary alicyclic amines) is 1. The summed E-state index contributed by atoms with van der Waals surface area (Å²) < 4.78 is 5.78. The van der Waals surface area contributed by atoms with E-state index in [1.54, 1.807) is 24.3 Å². The van der Waals surface area contributed by atoms with Gasteiger partial charge in [-0.3, -0.25) is 9.59 Å². The highest BCUT2D eigenvalue weighted by molar-refractivity contribution is 5.98. The summed E-state index contributed by atoms with van der Waals surface area (Å²) in [5.41, 5.74) is 6.84. The third-order valence-corrected chi connectivity index (χ3v) is 4.06. The van der Waals surface area contributed by atoms with E-state index >= 15 is 0 Å². The van der Waals surface area contributed by atoms with Crippen LogP contribution >= 0.6 is 0 Å². The fraction of sp³-hybridized carbons (Fsp3) is 0.556. The maximum absolute atomic E-state index is 12.2. The highest BCUT2D eigenvalue weighted by atomic mass is 16.5. The van der Waals surface area contributed by atoms with Crippen molar-refractivity contribution >= 4 is 17.4 Å². The van der Waals surface area contributed by atoms with Crippen LogP contribution in [-0.2, 0) is 9.53 Å². The summed E-state index contributed by atoms with van der Waals surface area (Å²) in [6.45, 7) is 5.49. The molecule has 2 rings (SSSR count). The summed E-state index contributed by atoms with van der Waals surface area (Å²) in [4.78, 5) is 26.2. The van der Waals surface area contributed by atoms with Crippen molar-refractivity contribution in [3.05, 3.63) is 29.8 Å². The van der Waals surface area contributed by atoms with Crippen LogP contribution in [0, 0.1) is 0 Å². The molecule has 1 aliphatic rings. The Morgan fingerprint density at radius 2 is 1.78 bits per heavy atom. The van der Waals surface area contributed by atoms with Crippen molar-refractivity contribution in [1.82, 2.24) is 4.90 Å². The number of hydrogen-bond donors (Lipinski definition) is 1. The number of benzene rings is 1. The number of hydrogen-bond acceptors (Lipinski definition) is 4. The summed E-state index contributed by atoms with van der Waals surface area (Å²) in [5.74, 6) is 0.0353. The first-order valence-corrected chi connectivity index (χ1v) is 8.27. The van der Waals surface area contributed by atoms with E-state index in [1.165, 1.54) is 0 Å². The zero-order valence-electron chi connectivity index (χ0n) is 14.0. The predicted molar refractivity (Wildman–Crippen MR) is 90.2 cm³/mol. The molecule has 1 aromatic carbocycles. The number of rotatable bonds is 6. The van der Waals surface area contributed by atoms with Gasteiger partial charge >= 0.3 is 0 Å². The summed E-state index contributed by atoms with van der Waals surface area (Å²) >= 11 is 0. The first-order chi connectivity index (χ1) is 11.0. The zero-order chi connectivity index (χ0) is 16.8. The van der Waals surface area contributed by atoms with Gasteiger partial charge in [-0.05, 0) is 51.0 Å². The molecule has 1 fully saturated rings. The predicted octanol–water partition coefficient (Wildman–Crippen LogP) is 2.65. The summed E-state index contributed by atoms with van der Waals surface area (Å²) in [6, 6.07) is 6.82. The first kappa shape index (κ1) is 17.5. The second-order valence-corrected chi connectivity index (χ2v) is 6.31. The van der Waals surface area contributed by atoms with E-state index in [4.69, 9.17) is 10.5 Å². The van der Waals surface area contributed by atoms with Gasteiger partial charge in [0.05, 0.1) is 12.2 Å². The van der Waals surface area contributed by atoms with Crippen LogP contribution in [0.25, 0.3) is 0 Å². The lowest BCUT2D eigenvalue weighted by molar-refractivity contribution is -0.134. The molecule has 2 N–H and O–H groups in total. The Morgan fingerprint density at radius 3 is 2.35 bits per heavy atom. The first-order valence-electron chi connectivity index (χ1n) is 8.27. The molecule has 126 valence electrons. The summed E-state index contributed by atoms with van der Waals surface area (Å²) in [7, 11) is 0. The highest BCUT2D eigenvalue weighted by Gasteiger charge is 2.24. The molecule has 0 aromatic heterocycles. The maximum atomic E-state index is 12.2. The van der Waals surface area contributed by atoms with Crippen LogP contribution in [0.3, 0.4) is 0 Å². The lowest BCUT2D eigenvalue weighted by Crippen LogP contribution is -2.41. The minimum absolute atomic E-state index is 0.0172. The van der Waals surface area contributed by atoms with E-state index < -0.39 is 0 Å². The van der Waals surface area contributed by atoms with Crippen LogP contribution in [0.5, 0.6) is 0 Å². The SMILES string of the molecule is CC(C)OC1CCN(C(=O)CCC(=O)c2ccc(N)cc2)CC1. The Kier molecular flexibility index (Phi) is 6.16. The van der Waals surface area contributed by atoms with Gasteiger partial charge in [0.25, 0.3) is 0 Å². The highest BCUT2D eigenvalue weighted by Crippen LogP contribution is 2.17. The van der Waals surface area contributed by atoms with E-state index in [-0.39, 0.29) is 36.7 Å². The van der Waals surface area contributed by atoms with Gasteiger partial charge in [0, 0.05) is 37.2 Å². The van der Waals surface area contributed by atoms with E-state index in [2.05, 4.69) is 0 Å². The minimum Gasteiger partial charge on any atom is -0.399 e. The lowest BCUT2D eigenvalue weighted by atomic mass is 10.0. The number of nitrogen functional groups attached to an aromatic ring is 1. The van der Waals surface area contributed by atoms with Crippen molar-refractivity contribution in [2.75, 3.05) is 18.8 Å². The molecule has 1 amide bonds. The molecule has 1 aliphatic heterocycles. The number of Topliss-reactive ketones (excluding diaryl/α,β-unsaturated/α-hetero) is 1. The van der Waals surface area contributed by atoms with E-state index in [1.807, 2.05) is 18.7 Å². The number of amides is 1. The van der Waals surface area contributed by atoms with E-state index in [9.17, 15) is 9.59 Å². The average Bonchev–Trinajstić information content (AvgIpc) is 2.53. The standard InChI is InChI=1S/C18H26N2O3/c1-13(2)23-16-9-11-20(12-10-16)18(22)8-7-17(21)14-3-5-15(19)6-4-14/h3-6,13,16H,7-12,19H2,1-2H3. The third-order valence-electron chi connectivity index (χ3n) is 4.06. The number of nitrogens with two attached hydrogens (primary N) is 1. The lowest BCUT2D eigenvalue weighted by Gasteiger charge is -2.32. The summed E-state index contributed by atoms with van der Waals surface area (Å²) in [6.07, 6.45) is 2.71. The molecule has 23 heavy (non-hydrogen) atoms. The maximum Gasteiger partial charge on any atom is 0.223 e. The molecule has 1 saturated heterocycles. The normalized spacial score (nSPS) is 15.9. The number of ketones is 1. The van der Waals surface area contributed by atoms with Gasteiger partial charge in [-0.25, -0.2) is 0 Å². The Hall–Kier alpha value is -1.88. The number of carbonyl (C=O) groups is 2. The third kappa shape index (κ3) is 5.36. The molecule has 1 heterocycles. The van der Waals surface area contributed by atoms with Crippen LogP contribution in [0.2, 0.25) is 0 Å². The van der Waals surface area contributed by atoms with Crippen molar-refractivity contribution < 1.29 is 14.3 Å². The van der Waals surface area contributed by atoms with Crippen LogP contribution in [-0.4, -0.2) is 41.9 Å². The monoisotopic (exact) mass is 318 g/mol. The van der Waals surface area contributed by atoms with Crippen LogP contribution < -0.4 is 5.73 Å². The van der Waals surface area contributed by atoms with Crippen LogP contribution in [0.1, 0.15) is 49.9 Å². The largest absolute Gasteiger partial charge is 0.399 e. The van der Waals surface area contributed by atoms with Gasteiger partial charge in [-0.1, -0.05) is 0 Å². The Morgan fingerprint density at radius 1 is 1.17 bits per heavy atom. The smallest absolute Gasteiger partial charge is 0.223 e. The van der Waals surface area contributed by atoms with Gasteiger partial charge in [0.2, 0.25) is 5.91 Å². The van der Waals surface area contributed by atoms with Gasteiger partial charge in [0.15, 0.2) is 5.78 Å². The van der Waals surface area contributed by atoms with Gasteiger partial charge in [-0.15, -0.1) is 0 Å². The number of ether oxygens (including phenoxy) is 1.